The van der Waals surface area contributed by atoms with Crippen molar-refractivity contribution in [3.63, 3.8) is 0 Å². The fourth-order valence-corrected chi connectivity index (χ4v) is 3.46. The average Bonchev–Trinajstić information content (AvgIpc) is 3.12. The summed E-state index contributed by atoms with van der Waals surface area (Å²) in [5.41, 5.74) is 1.81. The molecule has 0 saturated carbocycles. The lowest BCUT2D eigenvalue weighted by Gasteiger charge is -2.08. The van der Waals surface area contributed by atoms with E-state index < -0.39 is 0 Å². The molecule has 0 radical (unpaired) electrons. The van der Waals surface area contributed by atoms with E-state index in [1.807, 2.05) is 24.4 Å². The predicted octanol–water partition coefficient (Wildman–Crippen LogP) is 6.22. The molecule has 0 unspecified atom stereocenters. The van der Waals surface area contributed by atoms with E-state index in [9.17, 15) is 9.90 Å². The third kappa shape index (κ3) is 4.16. The van der Waals surface area contributed by atoms with E-state index in [1.54, 1.807) is 24.3 Å². The summed E-state index contributed by atoms with van der Waals surface area (Å²) >= 11 is 5.94. The third-order valence-corrected chi connectivity index (χ3v) is 5.13. The van der Waals surface area contributed by atoms with Gasteiger partial charge in [-0.25, -0.2) is 4.98 Å². The molecule has 1 N–H and O–H groups in total. The molecular weight excluding hydrogens is 400 g/mol. The largest absolute Gasteiger partial charge is 0.506 e. The molecule has 0 spiro atoms. The molecule has 2 aromatic carbocycles. The lowest BCUT2D eigenvalue weighted by Crippen LogP contribution is -2.03. The van der Waals surface area contributed by atoms with Gasteiger partial charge < -0.3 is 14.4 Å². The first-order valence-corrected chi connectivity index (χ1v) is 10.2. The van der Waals surface area contributed by atoms with Crippen LogP contribution >= 0.6 is 11.6 Å². The average molecular weight is 421 g/mol. The lowest BCUT2D eigenvalue weighted by atomic mass is 10.1. The maximum absolute atomic E-state index is 13.2. The molecule has 0 atom stereocenters. The number of ether oxygens (including phenoxy) is 1. The minimum absolute atomic E-state index is 0.0237. The van der Waals surface area contributed by atoms with Gasteiger partial charge in [-0.05, 0) is 61.0 Å². The summed E-state index contributed by atoms with van der Waals surface area (Å²) in [7, 11) is 0. The number of carbonyl (C=O) groups is 1. The minimum atomic E-state index is -0.195. The van der Waals surface area contributed by atoms with Crippen LogP contribution in [0, 0.1) is 0 Å². The number of nitrogens with zero attached hydrogens (tertiary/aromatic N) is 2. The first-order chi connectivity index (χ1) is 14.5. The SMILES string of the molecule is CCCCn1cc(C(=O)c2ccc(O)cn2)c2cc(Oc3ccc(Cl)cc3)ccc21. The van der Waals surface area contributed by atoms with Gasteiger partial charge in [-0.2, -0.15) is 0 Å². The third-order valence-electron chi connectivity index (χ3n) is 4.88. The van der Waals surface area contributed by atoms with Crippen LogP contribution in [0.4, 0.5) is 0 Å². The van der Waals surface area contributed by atoms with E-state index in [4.69, 9.17) is 16.3 Å². The molecule has 5 nitrogen and oxygen atoms in total. The number of hydrogen-bond donors (Lipinski definition) is 1. The van der Waals surface area contributed by atoms with E-state index in [2.05, 4.69) is 16.5 Å². The fourth-order valence-electron chi connectivity index (χ4n) is 3.33. The van der Waals surface area contributed by atoms with Crippen molar-refractivity contribution in [3.05, 3.63) is 83.3 Å². The summed E-state index contributed by atoms with van der Waals surface area (Å²) in [5.74, 6) is 1.12. The number of fused-ring (bicyclic) bond motifs is 1. The number of halogens is 1. The number of pyridine rings is 1. The van der Waals surface area contributed by atoms with Crippen LogP contribution in [0.5, 0.6) is 17.2 Å². The van der Waals surface area contributed by atoms with Gasteiger partial charge in [-0.1, -0.05) is 24.9 Å². The second kappa shape index (κ2) is 8.59. The topological polar surface area (TPSA) is 64.4 Å². The summed E-state index contributed by atoms with van der Waals surface area (Å²) in [6.45, 7) is 2.96. The molecule has 0 saturated heterocycles. The zero-order valence-electron chi connectivity index (χ0n) is 16.5. The highest BCUT2D eigenvalue weighted by Gasteiger charge is 2.18. The van der Waals surface area contributed by atoms with Crippen molar-refractivity contribution in [1.82, 2.24) is 9.55 Å². The normalized spacial score (nSPS) is 11.0. The second-order valence-electron chi connectivity index (χ2n) is 7.06. The lowest BCUT2D eigenvalue weighted by molar-refractivity contribution is 0.103. The summed E-state index contributed by atoms with van der Waals surface area (Å²) in [6.07, 6.45) is 5.22. The summed E-state index contributed by atoms with van der Waals surface area (Å²) in [4.78, 5) is 17.2. The van der Waals surface area contributed by atoms with Gasteiger partial charge in [0.25, 0.3) is 0 Å². The molecule has 30 heavy (non-hydrogen) atoms. The van der Waals surface area contributed by atoms with Gasteiger partial charge in [0.1, 0.15) is 22.9 Å². The number of ketones is 1. The molecular formula is C24H21ClN2O3. The standard InChI is InChI=1S/C24H21ClN2O3/c1-2-3-12-27-15-21(24(29)22-10-6-17(28)14-26-22)20-13-19(9-11-23(20)27)30-18-7-4-16(25)5-8-18/h4-11,13-15,28H,2-3,12H2,1H3. The Hall–Kier alpha value is -3.31. The van der Waals surface area contributed by atoms with Crippen LogP contribution in [0.15, 0.2) is 67.0 Å². The Morgan fingerprint density at radius 1 is 1.10 bits per heavy atom. The van der Waals surface area contributed by atoms with Crippen molar-refractivity contribution < 1.29 is 14.6 Å². The Kier molecular flexibility index (Phi) is 5.72. The van der Waals surface area contributed by atoms with Crippen LogP contribution in [-0.2, 0) is 6.54 Å². The highest BCUT2D eigenvalue weighted by Crippen LogP contribution is 2.31. The van der Waals surface area contributed by atoms with Crippen LogP contribution in [0.2, 0.25) is 5.02 Å². The zero-order chi connectivity index (χ0) is 21.1. The molecule has 2 heterocycles. The first-order valence-electron chi connectivity index (χ1n) is 9.81. The van der Waals surface area contributed by atoms with Crippen molar-refractivity contribution in [1.29, 1.82) is 0 Å². The van der Waals surface area contributed by atoms with Gasteiger partial charge in [-0.3, -0.25) is 4.79 Å². The number of hydrogen-bond acceptors (Lipinski definition) is 4. The smallest absolute Gasteiger partial charge is 0.213 e. The van der Waals surface area contributed by atoms with E-state index in [-0.39, 0.29) is 17.2 Å². The monoisotopic (exact) mass is 420 g/mol. The molecule has 152 valence electrons. The summed E-state index contributed by atoms with van der Waals surface area (Å²) < 4.78 is 8.06. The Labute approximate surface area is 179 Å². The number of benzene rings is 2. The van der Waals surface area contributed by atoms with Gasteiger partial charge in [0.05, 0.1) is 6.20 Å². The Bertz CT molecular complexity index is 1180. The molecule has 0 aliphatic carbocycles. The van der Waals surface area contributed by atoms with Crippen molar-refractivity contribution in [3.8, 4) is 17.2 Å². The molecule has 4 rings (SSSR count). The molecule has 6 heteroatoms. The highest BCUT2D eigenvalue weighted by atomic mass is 35.5. The van der Waals surface area contributed by atoms with Gasteiger partial charge >= 0.3 is 0 Å². The number of aromatic hydroxyl groups is 1. The quantitative estimate of drug-likeness (QED) is 0.360. The molecule has 0 bridgehead atoms. The van der Waals surface area contributed by atoms with Crippen LogP contribution in [0.1, 0.15) is 35.8 Å². The van der Waals surface area contributed by atoms with E-state index in [0.717, 1.165) is 30.3 Å². The number of aromatic nitrogens is 2. The van der Waals surface area contributed by atoms with Gasteiger partial charge in [0.15, 0.2) is 0 Å². The first kappa shape index (κ1) is 20.0. The number of carbonyl (C=O) groups excluding carboxylic acids is 1. The van der Waals surface area contributed by atoms with Gasteiger partial charge in [0, 0.05) is 34.2 Å². The van der Waals surface area contributed by atoms with Gasteiger partial charge in [0.2, 0.25) is 5.78 Å². The number of rotatable bonds is 7. The van der Waals surface area contributed by atoms with Crippen molar-refractivity contribution in [2.24, 2.45) is 0 Å². The zero-order valence-corrected chi connectivity index (χ0v) is 17.3. The minimum Gasteiger partial charge on any atom is -0.506 e. The Balaban J connectivity index is 1.75. The highest BCUT2D eigenvalue weighted by molar-refractivity contribution is 6.30. The predicted molar refractivity (Wildman–Crippen MR) is 118 cm³/mol. The molecule has 2 aromatic heterocycles. The Morgan fingerprint density at radius 3 is 2.57 bits per heavy atom. The fraction of sp³-hybridized carbons (Fsp3) is 0.167. The van der Waals surface area contributed by atoms with Crippen molar-refractivity contribution in [2.75, 3.05) is 0 Å². The van der Waals surface area contributed by atoms with Crippen LogP contribution in [-0.4, -0.2) is 20.4 Å². The molecule has 0 aliphatic heterocycles. The molecule has 4 aromatic rings. The number of unbranched alkanes of at least 4 members (excludes halogenated alkanes) is 1. The van der Waals surface area contributed by atoms with E-state index in [0.29, 0.717) is 22.1 Å². The summed E-state index contributed by atoms with van der Waals surface area (Å²) in [5, 5.41) is 10.9. The van der Waals surface area contributed by atoms with Crippen molar-refractivity contribution >= 4 is 28.3 Å². The number of aryl methyl sites for hydroxylation is 1. The van der Waals surface area contributed by atoms with E-state index >= 15 is 0 Å². The second-order valence-corrected chi connectivity index (χ2v) is 7.49. The maximum atomic E-state index is 13.2. The van der Waals surface area contributed by atoms with Crippen molar-refractivity contribution in [2.45, 2.75) is 26.3 Å². The van der Waals surface area contributed by atoms with Crippen LogP contribution in [0.3, 0.4) is 0 Å². The Morgan fingerprint density at radius 2 is 1.87 bits per heavy atom. The molecule has 0 amide bonds. The van der Waals surface area contributed by atoms with Crippen LogP contribution in [0.25, 0.3) is 10.9 Å². The summed E-state index contributed by atoms with van der Waals surface area (Å²) in [6, 6.07) is 15.9. The van der Waals surface area contributed by atoms with Gasteiger partial charge in [-0.15, -0.1) is 0 Å². The van der Waals surface area contributed by atoms with Crippen LogP contribution < -0.4 is 4.74 Å². The maximum Gasteiger partial charge on any atom is 0.213 e. The molecule has 0 fully saturated rings. The van der Waals surface area contributed by atoms with E-state index in [1.165, 1.54) is 18.3 Å². The molecule has 0 aliphatic rings.